The molecule has 0 bridgehead atoms. The third kappa shape index (κ3) is 4.57. The fourth-order valence-electron chi connectivity index (χ4n) is 3.08. The van der Waals surface area contributed by atoms with E-state index in [4.69, 9.17) is 0 Å². The van der Waals surface area contributed by atoms with Gasteiger partial charge in [-0.15, -0.1) is 0 Å². The lowest BCUT2D eigenvalue weighted by molar-refractivity contribution is -0.135. The van der Waals surface area contributed by atoms with Gasteiger partial charge in [0.1, 0.15) is 6.04 Å². The second kappa shape index (κ2) is 8.83. The van der Waals surface area contributed by atoms with Crippen molar-refractivity contribution in [3.05, 3.63) is 35.9 Å². The number of carbonyl (C=O) groups is 2. The Labute approximate surface area is 144 Å². The smallest absolute Gasteiger partial charge is 0.251 e. The van der Waals surface area contributed by atoms with Gasteiger partial charge in [0, 0.05) is 24.7 Å². The predicted molar refractivity (Wildman–Crippen MR) is 95.8 cm³/mol. The van der Waals surface area contributed by atoms with Gasteiger partial charge in [0.15, 0.2) is 0 Å². The molecular weight excluding hydrogens is 302 g/mol. The summed E-state index contributed by atoms with van der Waals surface area (Å²) in [4.78, 5) is 27.3. The van der Waals surface area contributed by atoms with Crippen LogP contribution in [0.25, 0.3) is 0 Å². The van der Waals surface area contributed by atoms with Crippen LogP contribution in [0.15, 0.2) is 30.3 Å². The van der Waals surface area contributed by atoms with Gasteiger partial charge in [-0.2, -0.15) is 0 Å². The summed E-state index contributed by atoms with van der Waals surface area (Å²) in [6, 6.07) is 9.09. The van der Waals surface area contributed by atoms with E-state index in [0.717, 1.165) is 32.4 Å². The Morgan fingerprint density at radius 3 is 2.38 bits per heavy atom. The zero-order valence-corrected chi connectivity index (χ0v) is 14.9. The normalized spacial score (nSPS) is 18.0. The third-order valence-corrected chi connectivity index (χ3v) is 5.02. The molecule has 1 aliphatic heterocycles. The van der Waals surface area contributed by atoms with E-state index in [1.807, 2.05) is 44.0 Å². The van der Waals surface area contributed by atoms with Crippen LogP contribution >= 0.6 is 0 Å². The van der Waals surface area contributed by atoms with Gasteiger partial charge in [-0.25, -0.2) is 0 Å². The highest BCUT2D eigenvalue weighted by Crippen LogP contribution is 2.16. The molecule has 2 N–H and O–H groups in total. The topological polar surface area (TPSA) is 61.4 Å². The summed E-state index contributed by atoms with van der Waals surface area (Å²) in [5, 5.41) is 6.23. The number of amides is 2. The van der Waals surface area contributed by atoms with Crippen molar-refractivity contribution >= 4 is 11.8 Å². The lowest BCUT2D eigenvalue weighted by atomic mass is 9.95. The quantitative estimate of drug-likeness (QED) is 0.838. The van der Waals surface area contributed by atoms with Crippen molar-refractivity contribution < 1.29 is 9.59 Å². The summed E-state index contributed by atoms with van der Waals surface area (Å²) in [6.07, 6.45) is 2.77. The first kappa shape index (κ1) is 18.5. The highest BCUT2D eigenvalue weighted by molar-refractivity contribution is 5.97. The minimum absolute atomic E-state index is 0.0446. The second-order valence-corrected chi connectivity index (χ2v) is 6.59. The molecular formula is C19H29N3O2. The van der Waals surface area contributed by atoms with E-state index in [-0.39, 0.29) is 17.7 Å². The van der Waals surface area contributed by atoms with Crippen LogP contribution < -0.4 is 10.6 Å². The number of benzene rings is 1. The van der Waals surface area contributed by atoms with Gasteiger partial charge in [0.2, 0.25) is 5.91 Å². The Hall–Kier alpha value is -1.88. The summed E-state index contributed by atoms with van der Waals surface area (Å²) < 4.78 is 0. The zero-order chi connectivity index (χ0) is 17.5. The Bertz CT molecular complexity index is 539. The van der Waals surface area contributed by atoms with Crippen molar-refractivity contribution in [1.29, 1.82) is 0 Å². The number of carbonyl (C=O) groups excluding carboxylic acids is 2. The SMILES string of the molecule is CCC(C)C(NC(=O)c1ccccc1)C(=O)N1CCC(NC)CC1. The fourth-order valence-corrected chi connectivity index (χ4v) is 3.08. The van der Waals surface area contributed by atoms with E-state index in [1.165, 1.54) is 0 Å². The average molecular weight is 331 g/mol. The van der Waals surface area contributed by atoms with Gasteiger partial charge in [-0.1, -0.05) is 38.5 Å². The molecule has 1 saturated heterocycles. The molecule has 0 aromatic heterocycles. The molecule has 0 aliphatic carbocycles. The predicted octanol–water partition coefficient (Wildman–Crippen LogP) is 2.04. The number of hydrogen-bond acceptors (Lipinski definition) is 3. The van der Waals surface area contributed by atoms with E-state index >= 15 is 0 Å². The molecule has 5 nitrogen and oxygen atoms in total. The van der Waals surface area contributed by atoms with Gasteiger partial charge < -0.3 is 15.5 Å². The van der Waals surface area contributed by atoms with E-state index in [1.54, 1.807) is 12.1 Å². The number of nitrogens with one attached hydrogen (secondary N) is 2. The maximum absolute atomic E-state index is 13.0. The highest BCUT2D eigenvalue weighted by atomic mass is 16.2. The van der Waals surface area contributed by atoms with Crippen LogP contribution in [0.1, 0.15) is 43.5 Å². The Balaban J connectivity index is 2.05. The van der Waals surface area contributed by atoms with Gasteiger partial charge in [0.25, 0.3) is 5.91 Å². The van der Waals surface area contributed by atoms with Crippen LogP contribution in [0.2, 0.25) is 0 Å². The Kier molecular flexibility index (Phi) is 6.79. The zero-order valence-electron chi connectivity index (χ0n) is 14.9. The van der Waals surface area contributed by atoms with Gasteiger partial charge in [0.05, 0.1) is 0 Å². The van der Waals surface area contributed by atoms with Crippen LogP contribution in [0.3, 0.4) is 0 Å². The molecule has 2 rings (SSSR count). The number of likely N-dealkylation sites (tertiary alicyclic amines) is 1. The van der Waals surface area contributed by atoms with Gasteiger partial charge in [-0.3, -0.25) is 9.59 Å². The van der Waals surface area contributed by atoms with Crippen LogP contribution in [0.5, 0.6) is 0 Å². The van der Waals surface area contributed by atoms with Crippen LogP contribution in [-0.2, 0) is 4.79 Å². The monoisotopic (exact) mass is 331 g/mol. The first-order chi connectivity index (χ1) is 11.6. The van der Waals surface area contributed by atoms with Crippen molar-refractivity contribution in [3.8, 4) is 0 Å². The number of rotatable bonds is 6. The van der Waals surface area contributed by atoms with Crippen molar-refractivity contribution in [2.24, 2.45) is 5.92 Å². The molecule has 5 heteroatoms. The number of hydrogen-bond donors (Lipinski definition) is 2. The van der Waals surface area contributed by atoms with Crippen LogP contribution in [0, 0.1) is 5.92 Å². The molecule has 0 saturated carbocycles. The van der Waals surface area contributed by atoms with E-state index < -0.39 is 6.04 Å². The summed E-state index contributed by atoms with van der Waals surface area (Å²) in [7, 11) is 1.96. The molecule has 1 heterocycles. The summed E-state index contributed by atoms with van der Waals surface area (Å²) in [5.41, 5.74) is 0.590. The molecule has 1 aromatic carbocycles. The third-order valence-electron chi connectivity index (χ3n) is 5.02. The summed E-state index contributed by atoms with van der Waals surface area (Å²) in [6.45, 7) is 5.57. The standard InChI is InChI=1S/C19H29N3O2/c1-4-14(2)17(21-18(23)15-8-6-5-7-9-15)19(24)22-12-10-16(20-3)11-13-22/h5-9,14,16-17,20H,4,10-13H2,1-3H3,(H,21,23). The Morgan fingerprint density at radius 1 is 1.21 bits per heavy atom. The first-order valence-electron chi connectivity index (χ1n) is 8.88. The van der Waals surface area contributed by atoms with Crippen molar-refractivity contribution in [2.45, 2.75) is 45.2 Å². The summed E-state index contributed by atoms with van der Waals surface area (Å²) in [5.74, 6) is -0.0327. The summed E-state index contributed by atoms with van der Waals surface area (Å²) >= 11 is 0. The number of nitrogens with zero attached hydrogens (tertiary/aromatic N) is 1. The minimum Gasteiger partial charge on any atom is -0.341 e. The van der Waals surface area contributed by atoms with Gasteiger partial charge >= 0.3 is 0 Å². The van der Waals surface area contributed by atoms with E-state index in [9.17, 15) is 9.59 Å². The molecule has 1 aliphatic rings. The first-order valence-corrected chi connectivity index (χ1v) is 8.88. The van der Waals surface area contributed by atoms with Crippen molar-refractivity contribution in [3.63, 3.8) is 0 Å². The molecule has 132 valence electrons. The highest BCUT2D eigenvalue weighted by Gasteiger charge is 2.32. The van der Waals surface area contributed by atoms with Crippen LogP contribution in [0.4, 0.5) is 0 Å². The fraction of sp³-hybridized carbons (Fsp3) is 0.579. The lowest BCUT2D eigenvalue weighted by Crippen LogP contribution is -2.54. The lowest BCUT2D eigenvalue weighted by Gasteiger charge is -2.35. The molecule has 2 unspecified atom stereocenters. The van der Waals surface area contributed by atoms with E-state index in [0.29, 0.717) is 11.6 Å². The number of piperidine rings is 1. The van der Waals surface area contributed by atoms with Crippen molar-refractivity contribution in [2.75, 3.05) is 20.1 Å². The maximum atomic E-state index is 13.0. The largest absolute Gasteiger partial charge is 0.341 e. The molecule has 24 heavy (non-hydrogen) atoms. The molecule has 1 fully saturated rings. The molecule has 0 radical (unpaired) electrons. The average Bonchev–Trinajstić information content (AvgIpc) is 2.65. The Morgan fingerprint density at radius 2 is 1.83 bits per heavy atom. The minimum atomic E-state index is -0.464. The molecule has 0 spiro atoms. The van der Waals surface area contributed by atoms with E-state index in [2.05, 4.69) is 10.6 Å². The van der Waals surface area contributed by atoms with Crippen LogP contribution in [-0.4, -0.2) is 48.9 Å². The maximum Gasteiger partial charge on any atom is 0.251 e. The molecule has 1 aromatic rings. The van der Waals surface area contributed by atoms with Gasteiger partial charge in [-0.05, 0) is 37.9 Å². The molecule has 2 atom stereocenters. The van der Waals surface area contributed by atoms with Crippen molar-refractivity contribution in [1.82, 2.24) is 15.5 Å². The second-order valence-electron chi connectivity index (χ2n) is 6.59. The molecule has 2 amide bonds.